The SMILES string of the molecule is CC(C)C(=O)C=C(O)C(C)(F)F. The first-order valence-electron chi connectivity index (χ1n) is 3.58. The zero-order valence-electron chi connectivity index (χ0n) is 7.27. The van der Waals surface area contributed by atoms with Gasteiger partial charge in [0.15, 0.2) is 11.5 Å². The van der Waals surface area contributed by atoms with Crippen molar-refractivity contribution in [3.8, 4) is 0 Å². The van der Waals surface area contributed by atoms with Gasteiger partial charge in [0.05, 0.1) is 0 Å². The molecule has 0 aliphatic rings. The molecule has 4 heteroatoms. The molecule has 0 aromatic carbocycles. The molecule has 0 amide bonds. The summed E-state index contributed by atoms with van der Waals surface area (Å²) < 4.78 is 24.5. The van der Waals surface area contributed by atoms with E-state index in [1.54, 1.807) is 13.8 Å². The Morgan fingerprint density at radius 2 is 1.92 bits per heavy atom. The van der Waals surface area contributed by atoms with Crippen LogP contribution in [-0.2, 0) is 4.79 Å². The van der Waals surface area contributed by atoms with Gasteiger partial charge in [-0.1, -0.05) is 13.8 Å². The second-order valence-electron chi connectivity index (χ2n) is 2.98. The maximum absolute atomic E-state index is 12.3. The maximum atomic E-state index is 12.3. The minimum Gasteiger partial charge on any atom is -0.506 e. The minimum absolute atomic E-state index is 0.380. The highest BCUT2D eigenvalue weighted by Crippen LogP contribution is 2.20. The quantitative estimate of drug-likeness (QED) is 0.531. The Morgan fingerprint density at radius 3 is 2.17 bits per heavy atom. The predicted molar refractivity (Wildman–Crippen MR) is 41.2 cm³/mol. The van der Waals surface area contributed by atoms with Gasteiger partial charge in [-0.3, -0.25) is 4.79 Å². The van der Waals surface area contributed by atoms with E-state index in [1.165, 1.54) is 0 Å². The van der Waals surface area contributed by atoms with Crippen molar-refractivity contribution >= 4 is 5.78 Å². The summed E-state index contributed by atoms with van der Waals surface area (Å²) in [5, 5.41) is 8.70. The second-order valence-corrected chi connectivity index (χ2v) is 2.98. The first-order chi connectivity index (χ1) is 5.25. The Balaban J connectivity index is 4.48. The largest absolute Gasteiger partial charge is 0.506 e. The molecule has 0 rings (SSSR count). The molecule has 12 heavy (non-hydrogen) atoms. The average Bonchev–Trinajstić information content (AvgIpc) is 1.85. The van der Waals surface area contributed by atoms with Gasteiger partial charge in [0.1, 0.15) is 0 Å². The Kier molecular flexibility index (Phi) is 3.36. The Morgan fingerprint density at radius 1 is 1.50 bits per heavy atom. The number of aliphatic hydroxyl groups is 1. The zero-order valence-corrected chi connectivity index (χ0v) is 7.27. The second kappa shape index (κ2) is 3.65. The smallest absolute Gasteiger partial charge is 0.301 e. The standard InChI is InChI=1S/C8H12F2O2/c1-5(2)6(11)4-7(12)8(3,9)10/h4-5,12H,1-3H3. The number of alkyl halides is 2. The molecule has 0 radical (unpaired) electrons. The number of halogens is 2. The Hall–Kier alpha value is -0.930. The van der Waals surface area contributed by atoms with E-state index in [1.807, 2.05) is 0 Å². The van der Waals surface area contributed by atoms with Crippen LogP contribution in [0.25, 0.3) is 0 Å². The highest BCUT2D eigenvalue weighted by molar-refractivity contribution is 5.91. The molecule has 0 fully saturated rings. The summed E-state index contributed by atoms with van der Waals surface area (Å²) in [5.74, 6) is -5.39. The number of allylic oxidation sites excluding steroid dienone is 2. The molecule has 0 atom stereocenters. The number of aliphatic hydroxyl groups excluding tert-OH is 1. The van der Waals surface area contributed by atoms with Crippen molar-refractivity contribution in [1.29, 1.82) is 0 Å². The van der Waals surface area contributed by atoms with Crippen LogP contribution in [0.4, 0.5) is 8.78 Å². The third kappa shape index (κ3) is 3.46. The number of carbonyl (C=O) groups excluding carboxylic acids is 1. The van der Waals surface area contributed by atoms with Crippen molar-refractivity contribution < 1.29 is 18.7 Å². The molecule has 0 saturated heterocycles. The van der Waals surface area contributed by atoms with Crippen molar-refractivity contribution in [2.45, 2.75) is 26.7 Å². The monoisotopic (exact) mass is 178 g/mol. The maximum Gasteiger partial charge on any atom is 0.301 e. The van der Waals surface area contributed by atoms with Gasteiger partial charge in [-0.25, -0.2) is 0 Å². The number of hydrogen-bond acceptors (Lipinski definition) is 2. The molecular formula is C8H12F2O2. The van der Waals surface area contributed by atoms with Crippen LogP contribution in [0.15, 0.2) is 11.8 Å². The Labute approximate surface area is 69.9 Å². The fourth-order valence-corrected chi connectivity index (χ4v) is 0.428. The number of ketones is 1. The molecular weight excluding hydrogens is 166 g/mol. The summed E-state index contributed by atoms with van der Waals surface area (Å²) >= 11 is 0. The van der Waals surface area contributed by atoms with Crippen LogP contribution in [0.1, 0.15) is 20.8 Å². The van der Waals surface area contributed by atoms with Crippen molar-refractivity contribution in [3.63, 3.8) is 0 Å². The van der Waals surface area contributed by atoms with Gasteiger partial charge >= 0.3 is 5.92 Å². The van der Waals surface area contributed by atoms with Crippen LogP contribution in [0.3, 0.4) is 0 Å². The van der Waals surface area contributed by atoms with E-state index in [-0.39, 0.29) is 5.92 Å². The lowest BCUT2D eigenvalue weighted by Crippen LogP contribution is -2.16. The first-order valence-corrected chi connectivity index (χ1v) is 3.58. The van der Waals surface area contributed by atoms with Crippen molar-refractivity contribution in [2.24, 2.45) is 5.92 Å². The third-order valence-corrected chi connectivity index (χ3v) is 1.30. The van der Waals surface area contributed by atoms with Crippen molar-refractivity contribution in [1.82, 2.24) is 0 Å². The topological polar surface area (TPSA) is 37.3 Å². The lowest BCUT2D eigenvalue weighted by atomic mass is 10.1. The van der Waals surface area contributed by atoms with Crippen LogP contribution in [0.2, 0.25) is 0 Å². The molecule has 2 nitrogen and oxygen atoms in total. The summed E-state index contributed by atoms with van der Waals surface area (Å²) in [5.41, 5.74) is 0. The normalized spacial score (nSPS) is 13.7. The zero-order chi connectivity index (χ0) is 9.94. The van der Waals surface area contributed by atoms with Gasteiger partial charge in [0, 0.05) is 18.9 Å². The van der Waals surface area contributed by atoms with Gasteiger partial charge in [0.25, 0.3) is 0 Å². The third-order valence-electron chi connectivity index (χ3n) is 1.30. The molecule has 0 spiro atoms. The molecule has 0 aliphatic heterocycles. The number of carbonyl (C=O) groups is 1. The van der Waals surface area contributed by atoms with Crippen LogP contribution >= 0.6 is 0 Å². The van der Waals surface area contributed by atoms with Gasteiger partial charge in [0.2, 0.25) is 0 Å². The van der Waals surface area contributed by atoms with E-state index >= 15 is 0 Å². The summed E-state index contributed by atoms with van der Waals surface area (Å²) in [6.07, 6.45) is 0.574. The van der Waals surface area contributed by atoms with Gasteiger partial charge in [-0.2, -0.15) is 8.78 Å². The van der Waals surface area contributed by atoms with Crippen LogP contribution in [0.5, 0.6) is 0 Å². The fraction of sp³-hybridized carbons (Fsp3) is 0.625. The minimum atomic E-state index is -3.33. The van der Waals surface area contributed by atoms with E-state index in [0.717, 1.165) is 0 Å². The molecule has 1 N–H and O–H groups in total. The van der Waals surface area contributed by atoms with E-state index in [2.05, 4.69) is 0 Å². The summed E-state index contributed by atoms with van der Waals surface area (Å²) in [6.45, 7) is 3.67. The average molecular weight is 178 g/mol. The fourth-order valence-electron chi connectivity index (χ4n) is 0.428. The van der Waals surface area contributed by atoms with Crippen LogP contribution in [0, 0.1) is 5.92 Å². The van der Waals surface area contributed by atoms with E-state index in [0.29, 0.717) is 13.0 Å². The first kappa shape index (κ1) is 11.1. The van der Waals surface area contributed by atoms with Crippen LogP contribution in [-0.4, -0.2) is 16.8 Å². The molecule has 0 heterocycles. The summed E-state index contributed by atoms with van der Waals surface area (Å²) in [6, 6.07) is 0. The number of rotatable bonds is 3. The summed E-state index contributed by atoms with van der Waals surface area (Å²) in [4.78, 5) is 10.8. The lowest BCUT2D eigenvalue weighted by Gasteiger charge is -2.08. The predicted octanol–water partition coefficient (Wildman–Crippen LogP) is 2.31. The molecule has 0 bridgehead atoms. The van der Waals surface area contributed by atoms with E-state index in [4.69, 9.17) is 5.11 Å². The molecule has 0 aromatic rings. The highest BCUT2D eigenvalue weighted by Gasteiger charge is 2.28. The van der Waals surface area contributed by atoms with E-state index < -0.39 is 17.5 Å². The molecule has 70 valence electrons. The van der Waals surface area contributed by atoms with Crippen LogP contribution < -0.4 is 0 Å². The summed E-state index contributed by atoms with van der Waals surface area (Å²) in [7, 11) is 0. The molecule has 0 unspecified atom stereocenters. The highest BCUT2D eigenvalue weighted by atomic mass is 19.3. The lowest BCUT2D eigenvalue weighted by molar-refractivity contribution is -0.117. The van der Waals surface area contributed by atoms with Crippen molar-refractivity contribution in [3.05, 3.63) is 11.8 Å². The van der Waals surface area contributed by atoms with E-state index in [9.17, 15) is 13.6 Å². The van der Waals surface area contributed by atoms with Gasteiger partial charge in [-0.05, 0) is 0 Å². The molecule has 0 saturated carbocycles. The van der Waals surface area contributed by atoms with Gasteiger partial charge in [-0.15, -0.1) is 0 Å². The molecule has 0 aliphatic carbocycles. The van der Waals surface area contributed by atoms with Gasteiger partial charge < -0.3 is 5.11 Å². The van der Waals surface area contributed by atoms with Crippen molar-refractivity contribution in [2.75, 3.05) is 0 Å². The number of hydrogen-bond donors (Lipinski definition) is 1. The molecule has 0 aromatic heterocycles. The Bertz CT molecular complexity index is 202.